The van der Waals surface area contributed by atoms with Gasteiger partial charge in [-0.05, 0) is 56.8 Å². The molecule has 4 nitrogen and oxygen atoms in total. The lowest BCUT2D eigenvalue weighted by Gasteiger charge is -2.25. The maximum Gasteiger partial charge on any atom is 0.407 e. The molecule has 0 aromatic carbocycles. The van der Waals surface area contributed by atoms with Gasteiger partial charge < -0.3 is 15.2 Å². The van der Waals surface area contributed by atoms with Crippen LogP contribution in [0.15, 0.2) is 0 Å². The van der Waals surface area contributed by atoms with Crippen molar-refractivity contribution in [1.29, 1.82) is 0 Å². The Kier molecular flexibility index (Phi) is 6.64. The van der Waals surface area contributed by atoms with E-state index in [2.05, 4.69) is 5.32 Å². The average molecular weight is 283 g/mol. The van der Waals surface area contributed by atoms with Crippen LogP contribution in [-0.4, -0.2) is 30.5 Å². The molecule has 0 aliphatic heterocycles. The maximum absolute atomic E-state index is 11.6. The number of carbonyl (C=O) groups is 1. The molecule has 4 heteroatoms. The Balaban J connectivity index is 1.49. The summed E-state index contributed by atoms with van der Waals surface area (Å²) in [6.45, 7) is 1.28. The minimum atomic E-state index is -0.258. The second-order valence-electron chi connectivity index (χ2n) is 6.49. The van der Waals surface area contributed by atoms with Crippen molar-refractivity contribution < 1.29 is 14.6 Å². The van der Waals surface area contributed by atoms with Gasteiger partial charge in [-0.1, -0.05) is 19.3 Å². The highest BCUT2D eigenvalue weighted by Gasteiger charge is 2.19. The van der Waals surface area contributed by atoms with Crippen molar-refractivity contribution in [1.82, 2.24) is 5.32 Å². The highest BCUT2D eigenvalue weighted by molar-refractivity contribution is 5.67. The van der Waals surface area contributed by atoms with Crippen molar-refractivity contribution in [3.8, 4) is 0 Å². The monoisotopic (exact) mass is 283 g/mol. The van der Waals surface area contributed by atoms with Gasteiger partial charge in [-0.2, -0.15) is 0 Å². The van der Waals surface area contributed by atoms with E-state index in [1.807, 2.05) is 0 Å². The SMILES string of the molecule is O=C(NCCC1CCC(O)CC1)OCC1CCCCC1. The molecule has 2 rings (SSSR count). The van der Waals surface area contributed by atoms with Crippen LogP contribution in [0, 0.1) is 11.8 Å². The lowest BCUT2D eigenvalue weighted by atomic mass is 9.85. The van der Waals surface area contributed by atoms with Gasteiger partial charge in [0.05, 0.1) is 12.7 Å². The summed E-state index contributed by atoms with van der Waals surface area (Å²) in [7, 11) is 0. The number of alkyl carbamates (subject to hydrolysis) is 1. The number of hydrogen-bond donors (Lipinski definition) is 2. The van der Waals surface area contributed by atoms with E-state index in [9.17, 15) is 9.90 Å². The molecule has 0 spiro atoms. The van der Waals surface area contributed by atoms with Crippen molar-refractivity contribution in [3.63, 3.8) is 0 Å². The van der Waals surface area contributed by atoms with Crippen LogP contribution in [-0.2, 0) is 4.74 Å². The molecule has 1 amide bonds. The normalized spacial score (nSPS) is 28.1. The van der Waals surface area contributed by atoms with E-state index >= 15 is 0 Å². The van der Waals surface area contributed by atoms with Gasteiger partial charge in [-0.15, -0.1) is 0 Å². The molecule has 0 aromatic rings. The number of rotatable bonds is 5. The van der Waals surface area contributed by atoms with Gasteiger partial charge in [-0.3, -0.25) is 0 Å². The fraction of sp³-hybridized carbons (Fsp3) is 0.938. The largest absolute Gasteiger partial charge is 0.449 e. The molecule has 0 saturated heterocycles. The first-order valence-corrected chi connectivity index (χ1v) is 8.32. The second-order valence-corrected chi connectivity index (χ2v) is 6.49. The first kappa shape index (κ1) is 15.6. The van der Waals surface area contributed by atoms with Gasteiger partial charge in [0.1, 0.15) is 0 Å². The third-order valence-corrected chi connectivity index (χ3v) is 4.81. The zero-order chi connectivity index (χ0) is 14.2. The fourth-order valence-corrected chi connectivity index (χ4v) is 3.41. The Hall–Kier alpha value is -0.770. The summed E-state index contributed by atoms with van der Waals surface area (Å²) >= 11 is 0. The number of ether oxygens (including phenoxy) is 1. The molecular formula is C16H29NO3. The summed E-state index contributed by atoms with van der Waals surface area (Å²) in [5.41, 5.74) is 0. The third kappa shape index (κ3) is 5.70. The molecule has 0 unspecified atom stereocenters. The van der Waals surface area contributed by atoms with E-state index in [1.54, 1.807) is 0 Å². The standard InChI is InChI=1S/C16H29NO3/c18-15-8-6-13(7-9-15)10-11-17-16(19)20-12-14-4-2-1-3-5-14/h13-15,18H,1-12H2,(H,17,19). The van der Waals surface area contributed by atoms with Crippen molar-refractivity contribution >= 4 is 6.09 Å². The number of hydrogen-bond acceptors (Lipinski definition) is 3. The molecule has 2 aliphatic carbocycles. The Labute approximate surface area is 122 Å². The Morgan fingerprint density at radius 2 is 1.70 bits per heavy atom. The van der Waals surface area contributed by atoms with E-state index in [0.717, 1.165) is 32.1 Å². The predicted octanol–water partition coefficient (Wildman–Crippen LogP) is 3.23. The number of aliphatic hydroxyl groups is 1. The summed E-state index contributed by atoms with van der Waals surface area (Å²) in [6, 6.07) is 0. The number of nitrogens with one attached hydrogen (secondary N) is 1. The Morgan fingerprint density at radius 1 is 1.00 bits per heavy atom. The van der Waals surface area contributed by atoms with E-state index in [-0.39, 0.29) is 12.2 Å². The van der Waals surface area contributed by atoms with Gasteiger partial charge in [0.15, 0.2) is 0 Å². The van der Waals surface area contributed by atoms with Gasteiger partial charge in [-0.25, -0.2) is 4.79 Å². The van der Waals surface area contributed by atoms with Crippen LogP contribution in [0.1, 0.15) is 64.2 Å². The maximum atomic E-state index is 11.6. The Morgan fingerprint density at radius 3 is 2.40 bits per heavy atom. The quantitative estimate of drug-likeness (QED) is 0.814. The van der Waals surface area contributed by atoms with Crippen LogP contribution >= 0.6 is 0 Å². The molecule has 0 radical (unpaired) electrons. The minimum Gasteiger partial charge on any atom is -0.449 e. The molecule has 2 fully saturated rings. The molecular weight excluding hydrogens is 254 g/mol. The van der Waals surface area contributed by atoms with Crippen LogP contribution in [0.2, 0.25) is 0 Å². The third-order valence-electron chi connectivity index (χ3n) is 4.81. The van der Waals surface area contributed by atoms with Gasteiger partial charge >= 0.3 is 6.09 Å². The van der Waals surface area contributed by atoms with E-state index in [0.29, 0.717) is 25.0 Å². The summed E-state index contributed by atoms with van der Waals surface area (Å²) in [4.78, 5) is 11.6. The van der Waals surface area contributed by atoms with Crippen LogP contribution < -0.4 is 5.32 Å². The fourth-order valence-electron chi connectivity index (χ4n) is 3.41. The first-order chi connectivity index (χ1) is 9.74. The molecule has 2 aliphatic rings. The summed E-state index contributed by atoms with van der Waals surface area (Å²) in [5, 5.41) is 12.3. The van der Waals surface area contributed by atoms with Crippen molar-refractivity contribution in [2.24, 2.45) is 11.8 Å². The topological polar surface area (TPSA) is 58.6 Å². The number of aliphatic hydroxyl groups excluding tert-OH is 1. The van der Waals surface area contributed by atoms with Crippen molar-refractivity contribution in [3.05, 3.63) is 0 Å². The summed E-state index contributed by atoms with van der Waals surface area (Å²) in [5.74, 6) is 1.23. The van der Waals surface area contributed by atoms with Crippen LogP contribution in [0.25, 0.3) is 0 Å². The van der Waals surface area contributed by atoms with Gasteiger partial charge in [0, 0.05) is 6.54 Å². The first-order valence-electron chi connectivity index (χ1n) is 8.32. The number of carbonyl (C=O) groups excluding carboxylic acids is 1. The molecule has 0 heterocycles. The van der Waals surface area contributed by atoms with Crippen LogP contribution in [0.4, 0.5) is 4.79 Å². The van der Waals surface area contributed by atoms with E-state index in [4.69, 9.17) is 4.74 Å². The lowest BCUT2D eigenvalue weighted by Crippen LogP contribution is -2.29. The molecule has 2 saturated carbocycles. The van der Waals surface area contributed by atoms with Crippen LogP contribution in [0.5, 0.6) is 0 Å². The molecule has 20 heavy (non-hydrogen) atoms. The van der Waals surface area contributed by atoms with E-state index < -0.39 is 0 Å². The lowest BCUT2D eigenvalue weighted by molar-refractivity contribution is 0.103. The summed E-state index contributed by atoms with van der Waals surface area (Å²) in [6.07, 6.45) is 10.9. The van der Waals surface area contributed by atoms with Crippen molar-refractivity contribution in [2.45, 2.75) is 70.3 Å². The molecule has 0 atom stereocenters. The Bertz CT molecular complexity index is 281. The van der Waals surface area contributed by atoms with Gasteiger partial charge in [0.2, 0.25) is 0 Å². The molecule has 116 valence electrons. The summed E-state index contributed by atoms with van der Waals surface area (Å²) < 4.78 is 5.30. The van der Waals surface area contributed by atoms with Gasteiger partial charge in [0.25, 0.3) is 0 Å². The smallest absolute Gasteiger partial charge is 0.407 e. The van der Waals surface area contributed by atoms with E-state index in [1.165, 1.54) is 32.1 Å². The highest BCUT2D eigenvalue weighted by atomic mass is 16.5. The zero-order valence-corrected chi connectivity index (χ0v) is 12.5. The average Bonchev–Trinajstić information content (AvgIpc) is 2.48. The molecule has 0 bridgehead atoms. The predicted molar refractivity (Wildman–Crippen MR) is 78.5 cm³/mol. The van der Waals surface area contributed by atoms with Crippen LogP contribution in [0.3, 0.4) is 0 Å². The number of amides is 1. The zero-order valence-electron chi connectivity index (χ0n) is 12.5. The highest BCUT2D eigenvalue weighted by Crippen LogP contribution is 2.26. The second kappa shape index (κ2) is 8.50. The van der Waals surface area contributed by atoms with Crippen molar-refractivity contribution in [2.75, 3.05) is 13.2 Å². The molecule has 0 aromatic heterocycles. The molecule has 2 N–H and O–H groups in total. The minimum absolute atomic E-state index is 0.0975.